The van der Waals surface area contributed by atoms with Gasteiger partial charge in [-0.2, -0.15) is 13.2 Å². The van der Waals surface area contributed by atoms with Crippen LogP contribution in [0.15, 0.2) is 24.3 Å². The van der Waals surface area contributed by atoms with Crippen LogP contribution in [0.25, 0.3) is 5.69 Å². The first kappa shape index (κ1) is 20.3. The highest BCUT2D eigenvalue weighted by Gasteiger charge is 2.43. The maximum atomic E-state index is 13.8. The van der Waals surface area contributed by atoms with Crippen molar-refractivity contribution in [1.29, 1.82) is 0 Å². The summed E-state index contributed by atoms with van der Waals surface area (Å²) in [5.41, 5.74) is -2.44. The van der Waals surface area contributed by atoms with Gasteiger partial charge in [0.2, 0.25) is 5.91 Å². The minimum absolute atomic E-state index is 0.0154. The van der Waals surface area contributed by atoms with Crippen molar-refractivity contribution in [2.45, 2.75) is 37.9 Å². The number of amides is 2. The molecule has 30 heavy (non-hydrogen) atoms. The molecule has 1 saturated heterocycles. The molecule has 0 bridgehead atoms. The highest BCUT2D eigenvalue weighted by Crippen LogP contribution is 2.34. The predicted octanol–water partition coefficient (Wildman–Crippen LogP) is 2.56. The third-order valence-corrected chi connectivity index (χ3v) is 5.20. The lowest BCUT2D eigenvalue weighted by atomic mass is 9.96. The minimum atomic E-state index is -4.95. The summed E-state index contributed by atoms with van der Waals surface area (Å²) in [6, 6.07) is 4.59. The first-order chi connectivity index (χ1) is 14.2. The molecule has 1 aliphatic carbocycles. The lowest BCUT2D eigenvalue weighted by molar-refractivity contribution is -0.143. The summed E-state index contributed by atoms with van der Waals surface area (Å²) in [6.07, 6.45) is -2.06. The molecule has 2 amide bonds. The Labute approximate surface area is 169 Å². The van der Waals surface area contributed by atoms with Gasteiger partial charge >= 0.3 is 6.18 Å². The number of halogens is 4. The number of likely N-dealkylation sites (tertiary alicyclic amines) is 1. The second kappa shape index (κ2) is 7.69. The molecule has 0 spiro atoms. The summed E-state index contributed by atoms with van der Waals surface area (Å²) in [5.74, 6) is -2.36. The van der Waals surface area contributed by atoms with Crippen LogP contribution in [0.1, 0.15) is 41.9 Å². The molecule has 1 aromatic heterocycles. The number of nitrogens with one attached hydrogen (secondary N) is 1. The van der Waals surface area contributed by atoms with Gasteiger partial charge in [0.05, 0.1) is 11.6 Å². The molecule has 4 rings (SSSR count). The Morgan fingerprint density at radius 2 is 1.93 bits per heavy atom. The van der Waals surface area contributed by atoms with E-state index in [2.05, 4.69) is 15.6 Å². The second-order valence-corrected chi connectivity index (χ2v) is 7.55. The van der Waals surface area contributed by atoms with Gasteiger partial charge in [-0.05, 0) is 43.9 Å². The van der Waals surface area contributed by atoms with Crippen molar-refractivity contribution in [2.75, 3.05) is 13.1 Å². The highest BCUT2D eigenvalue weighted by molar-refractivity contribution is 5.94. The fraction of sp³-hybridized carbons (Fsp3) is 0.474. The van der Waals surface area contributed by atoms with Gasteiger partial charge in [0.15, 0.2) is 11.4 Å². The zero-order valence-electron chi connectivity index (χ0n) is 15.8. The quantitative estimate of drug-likeness (QED) is 0.764. The number of aromatic nitrogens is 3. The van der Waals surface area contributed by atoms with Crippen molar-refractivity contribution in [3.8, 4) is 5.69 Å². The fourth-order valence-corrected chi connectivity index (χ4v) is 3.54. The van der Waals surface area contributed by atoms with Gasteiger partial charge in [-0.25, -0.2) is 9.07 Å². The number of carbonyl (C=O) groups excluding carboxylic acids is 2. The van der Waals surface area contributed by atoms with E-state index in [0.29, 0.717) is 17.5 Å². The number of alkyl halides is 3. The van der Waals surface area contributed by atoms with E-state index in [1.165, 1.54) is 17.0 Å². The lowest BCUT2D eigenvalue weighted by Crippen LogP contribution is -2.46. The van der Waals surface area contributed by atoms with Crippen molar-refractivity contribution < 1.29 is 27.2 Å². The van der Waals surface area contributed by atoms with Crippen molar-refractivity contribution >= 4 is 11.8 Å². The Kier molecular flexibility index (Phi) is 5.20. The molecule has 1 atom stereocenters. The molecule has 7 nitrogen and oxygen atoms in total. The van der Waals surface area contributed by atoms with Crippen molar-refractivity contribution in [3.05, 3.63) is 41.5 Å². The number of nitrogens with zero attached hydrogens (tertiary/aromatic N) is 4. The Morgan fingerprint density at radius 1 is 1.17 bits per heavy atom. The molecular weight excluding hydrogens is 406 g/mol. The van der Waals surface area contributed by atoms with Crippen LogP contribution in [0.3, 0.4) is 0 Å². The van der Waals surface area contributed by atoms with E-state index in [1.807, 2.05) is 0 Å². The van der Waals surface area contributed by atoms with Gasteiger partial charge in [-0.15, -0.1) is 5.10 Å². The van der Waals surface area contributed by atoms with E-state index < -0.39 is 35.2 Å². The molecule has 1 N–H and O–H groups in total. The molecule has 2 heterocycles. The molecule has 2 aromatic rings. The monoisotopic (exact) mass is 425 g/mol. The molecule has 1 saturated carbocycles. The van der Waals surface area contributed by atoms with Crippen LogP contribution in [0.5, 0.6) is 0 Å². The number of piperidine rings is 1. The van der Waals surface area contributed by atoms with Gasteiger partial charge in [0, 0.05) is 19.1 Å². The van der Waals surface area contributed by atoms with E-state index in [1.54, 1.807) is 0 Å². The molecular formula is C19H19F4N5O2. The number of rotatable bonds is 4. The number of hydrogen-bond acceptors (Lipinski definition) is 4. The average Bonchev–Trinajstić information content (AvgIpc) is 3.39. The average molecular weight is 425 g/mol. The molecule has 2 aliphatic rings. The molecule has 1 aromatic carbocycles. The largest absolute Gasteiger partial charge is 0.435 e. The van der Waals surface area contributed by atoms with Crippen LogP contribution in [-0.2, 0) is 11.0 Å². The first-order valence-electron chi connectivity index (χ1n) is 9.62. The number of carbonyl (C=O) groups is 2. The van der Waals surface area contributed by atoms with Gasteiger partial charge < -0.3 is 10.2 Å². The summed E-state index contributed by atoms with van der Waals surface area (Å²) in [6.45, 7) is 0.234. The topological polar surface area (TPSA) is 80.1 Å². The third kappa shape index (κ3) is 4.14. The number of benzene rings is 1. The summed E-state index contributed by atoms with van der Waals surface area (Å²) in [7, 11) is 0. The van der Waals surface area contributed by atoms with Crippen molar-refractivity contribution in [3.63, 3.8) is 0 Å². The van der Waals surface area contributed by atoms with Gasteiger partial charge in [-0.3, -0.25) is 9.59 Å². The van der Waals surface area contributed by atoms with Crippen LogP contribution in [0.4, 0.5) is 17.6 Å². The summed E-state index contributed by atoms with van der Waals surface area (Å²) in [5, 5.41) is 9.80. The Bertz CT molecular complexity index is 970. The zero-order valence-corrected chi connectivity index (χ0v) is 15.8. The molecule has 2 fully saturated rings. The van der Waals surface area contributed by atoms with Crippen LogP contribution in [-0.4, -0.2) is 50.8 Å². The third-order valence-electron chi connectivity index (χ3n) is 5.20. The number of hydrogen-bond donors (Lipinski definition) is 1. The van der Waals surface area contributed by atoms with Crippen LogP contribution < -0.4 is 5.32 Å². The van der Waals surface area contributed by atoms with Gasteiger partial charge in [-0.1, -0.05) is 11.3 Å². The summed E-state index contributed by atoms with van der Waals surface area (Å²) >= 11 is 0. The molecule has 0 radical (unpaired) electrons. The summed E-state index contributed by atoms with van der Waals surface area (Å²) in [4.78, 5) is 26.4. The molecule has 160 valence electrons. The highest BCUT2D eigenvalue weighted by atomic mass is 19.4. The smallest absolute Gasteiger partial charge is 0.353 e. The second-order valence-electron chi connectivity index (χ2n) is 7.55. The van der Waals surface area contributed by atoms with Crippen LogP contribution in [0, 0.1) is 11.7 Å². The maximum absolute atomic E-state index is 13.8. The van der Waals surface area contributed by atoms with E-state index >= 15 is 0 Å². The zero-order chi connectivity index (χ0) is 21.5. The molecule has 1 unspecified atom stereocenters. The Balaban J connectivity index is 1.61. The Hall–Kier alpha value is -2.98. The van der Waals surface area contributed by atoms with Gasteiger partial charge in [0.1, 0.15) is 5.82 Å². The predicted molar refractivity (Wildman–Crippen MR) is 96.1 cm³/mol. The lowest BCUT2D eigenvalue weighted by Gasteiger charge is -2.31. The fourth-order valence-electron chi connectivity index (χ4n) is 3.54. The van der Waals surface area contributed by atoms with Crippen molar-refractivity contribution in [2.24, 2.45) is 5.92 Å². The van der Waals surface area contributed by atoms with Crippen LogP contribution in [0.2, 0.25) is 0 Å². The maximum Gasteiger partial charge on any atom is 0.435 e. The van der Waals surface area contributed by atoms with E-state index in [-0.39, 0.29) is 30.7 Å². The standard InChI is InChI=1S/C19H19F4N5O2/c20-12-4-1-5-14(9-12)28-16(19(21,22)23)15(25-26-28)18(30)27-8-2-3-11(10-27)17(29)24-13-6-7-13/h1,4-5,9,11,13H,2-3,6-8,10H2,(H,24,29). The summed E-state index contributed by atoms with van der Waals surface area (Å²) < 4.78 is 55.3. The van der Waals surface area contributed by atoms with Crippen LogP contribution >= 0.6 is 0 Å². The van der Waals surface area contributed by atoms with E-state index in [4.69, 9.17) is 0 Å². The normalized spacial score (nSPS) is 19.6. The SMILES string of the molecule is O=C(NC1CC1)C1CCCN(C(=O)c2nnn(-c3cccc(F)c3)c2C(F)(F)F)C1. The molecule has 1 aliphatic heterocycles. The first-order valence-corrected chi connectivity index (χ1v) is 9.62. The molecule has 11 heteroatoms. The Morgan fingerprint density at radius 3 is 2.60 bits per heavy atom. The van der Waals surface area contributed by atoms with E-state index in [0.717, 1.165) is 25.0 Å². The minimum Gasteiger partial charge on any atom is -0.353 e. The van der Waals surface area contributed by atoms with E-state index in [9.17, 15) is 27.2 Å². The van der Waals surface area contributed by atoms with Gasteiger partial charge in [0.25, 0.3) is 5.91 Å². The van der Waals surface area contributed by atoms with Crippen molar-refractivity contribution in [1.82, 2.24) is 25.2 Å².